The van der Waals surface area contributed by atoms with E-state index in [-0.39, 0.29) is 13.2 Å². The summed E-state index contributed by atoms with van der Waals surface area (Å²) in [5.74, 6) is -1.24. The van der Waals surface area contributed by atoms with Crippen molar-refractivity contribution in [1.29, 1.82) is 0 Å². The van der Waals surface area contributed by atoms with Gasteiger partial charge in [-0.05, 0) is 5.56 Å². The molecule has 0 aliphatic rings. The van der Waals surface area contributed by atoms with Gasteiger partial charge in [-0.25, -0.2) is 5.48 Å². The lowest BCUT2D eigenvalue weighted by Gasteiger charge is -2.15. The summed E-state index contributed by atoms with van der Waals surface area (Å²) >= 11 is 0. The Morgan fingerprint density at radius 2 is 1.89 bits per heavy atom. The average Bonchev–Trinajstić information content (AvgIpc) is 2.46. The van der Waals surface area contributed by atoms with E-state index in [9.17, 15) is 9.59 Å². The molecule has 7 nitrogen and oxygen atoms in total. The molecule has 1 atom stereocenters. The first-order valence-corrected chi connectivity index (χ1v) is 5.76. The Balaban J connectivity index is 2.40. The fraction of sp³-hybridized carbons (Fsp3) is 0.333. The van der Waals surface area contributed by atoms with E-state index in [0.29, 0.717) is 6.54 Å². The van der Waals surface area contributed by atoms with Crippen molar-refractivity contribution in [2.24, 2.45) is 0 Å². The van der Waals surface area contributed by atoms with Crippen LogP contribution in [0.1, 0.15) is 5.56 Å². The van der Waals surface area contributed by atoms with Crippen LogP contribution in [0.15, 0.2) is 30.3 Å². The second kappa shape index (κ2) is 8.20. The molecular formula is C12H17N3O4. The highest BCUT2D eigenvalue weighted by Gasteiger charge is 2.17. The number of benzene rings is 1. The fourth-order valence-corrected chi connectivity index (χ4v) is 1.41. The first-order valence-electron chi connectivity index (χ1n) is 5.76. The van der Waals surface area contributed by atoms with Crippen LogP contribution in [0.2, 0.25) is 0 Å². The van der Waals surface area contributed by atoms with Gasteiger partial charge in [-0.1, -0.05) is 30.3 Å². The van der Waals surface area contributed by atoms with Gasteiger partial charge in [0.1, 0.15) is 6.04 Å². The fourth-order valence-electron chi connectivity index (χ4n) is 1.41. The quantitative estimate of drug-likeness (QED) is 0.313. The minimum absolute atomic E-state index is 0.348. The molecule has 0 aliphatic carbocycles. The lowest BCUT2D eigenvalue weighted by atomic mass is 10.2. The van der Waals surface area contributed by atoms with Gasteiger partial charge in [0.05, 0.1) is 13.2 Å². The van der Waals surface area contributed by atoms with Gasteiger partial charge in [-0.2, -0.15) is 0 Å². The molecule has 0 fully saturated rings. The standard InChI is InChI=1S/C12H17N3O4/c16-8-10(12(18)14-7-11(17)15-19)13-6-9-4-2-1-3-5-9/h1-5,10,13,16,19H,6-8H2,(H,14,18)(H,15,17)/t10-/m0/s1. The number of hydrogen-bond donors (Lipinski definition) is 5. The Labute approximate surface area is 110 Å². The Kier molecular flexibility index (Phi) is 6.51. The summed E-state index contributed by atoms with van der Waals surface area (Å²) in [4.78, 5) is 22.4. The first-order chi connectivity index (χ1) is 9.17. The second-order valence-corrected chi connectivity index (χ2v) is 3.85. The predicted octanol–water partition coefficient (Wildman–Crippen LogP) is -1.24. The van der Waals surface area contributed by atoms with Crippen LogP contribution in [0.25, 0.3) is 0 Å². The minimum Gasteiger partial charge on any atom is -0.394 e. The van der Waals surface area contributed by atoms with Crippen molar-refractivity contribution in [2.75, 3.05) is 13.2 Å². The van der Waals surface area contributed by atoms with Gasteiger partial charge in [0.15, 0.2) is 0 Å². The van der Waals surface area contributed by atoms with E-state index in [1.54, 1.807) is 0 Å². The zero-order chi connectivity index (χ0) is 14.1. The number of hydroxylamine groups is 1. The number of carbonyl (C=O) groups excluding carboxylic acids is 2. The van der Waals surface area contributed by atoms with E-state index in [4.69, 9.17) is 10.3 Å². The van der Waals surface area contributed by atoms with Gasteiger partial charge in [0.25, 0.3) is 5.91 Å². The number of aliphatic hydroxyl groups is 1. The van der Waals surface area contributed by atoms with Crippen LogP contribution >= 0.6 is 0 Å². The van der Waals surface area contributed by atoms with Crippen molar-refractivity contribution in [3.05, 3.63) is 35.9 Å². The third-order valence-electron chi connectivity index (χ3n) is 2.44. The minimum atomic E-state index is -0.813. The van der Waals surface area contributed by atoms with Crippen LogP contribution in [0.4, 0.5) is 0 Å². The molecule has 0 heterocycles. The molecule has 7 heteroatoms. The summed E-state index contributed by atoms with van der Waals surface area (Å²) in [6.07, 6.45) is 0. The highest BCUT2D eigenvalue weighted by molar-refractivity contribution is 5.87. The van der Waals surface area contributed by atoms with E-state index < -0.39 is 17.9 Å². The molecule has 0 saturated heterocycles. The van der Waals surface area contributed by atoms with Crippen LogP contribution in [0, 0.1) is 0 Å². The maximum Gasteiger partial charge on any atom is 0.262 e. The topological polar surface area (TPSA) is 111 Å². The normalized spacial score (nSPS) is 11.7. The number of nitrogens with one attached hydrogen (secondary N) is 3. The molecule has 1 aromatic rings. The van der Waals surface area contributed by atoms with E-state index in [1.807, 2.05) is 30.3 Å². The molecule has 0 unspecified atom stereocenters. The van der Waals surface area contributed by atoms with Crippen molar-refractivity contribution in [3.8, 4) is 0 Å². The Morgan fingerprint density at radius 3 is 2.47 bits per heavy atom. The molecule has 1 aromatic carbocycles. The van der Waals surface area contributed by atoms with Gasteiger partial charge < -0.3 is 10.4 Å². The molecular weight excluding hydrogens is 250 g/mol. The van der Waals surface area contributed by atoms with E-state index in [0.717, 1.165) is 5.56 Å². The van der Waals surface area contributed by atoms with E-state index >= 15 is 0 Å². The van der Waals surface area contributed by atoms with Crippen LogP contribution < -0.4 is 16.1 Å². The molecule has 0 spiro atoms. The number of rotatable bonds is 7. The summed E-state index contributed by atoms with van der Waals surface area (Å²) in [5, 5.41) is 22.6. The van der Waals surface area contributed by atoms with Gasteiger partial charge in [-0.15, -0.1) is 0 Å². The maximum atomic E-state index is 11.6. The third kappa shape index (κ3) is 5.47. The number of aliphatic hydroxyl groups excluding tert-OH is 1. The summed E-state index contributed by atoms with van der Waals surface area (Å²) < 4.78 is 0. The second-order valence-electron chi connectivity index (χ2n) is 3.85. The molecule has 1 rings (SSSR count). The summed E-state index contributed by atoms with van der Waals surface area (Å²) in [5.41, 5.74) is 2.37. The monoisotopic (exact) mass is 267 g/mol. The van der Waals surface area contributed by atoms with Crippen LogP contribution in [0.3, 0.4) is 0 Å². The maximum absolute atomic E-state index is 11.6. The summed E-state index contributed by atoms with van der Waals surface area (Å²) in [6, 6.07) is 8.59. The van der Waals surface area contributed by atoms with Crippen molar-refractivity contribution in [1.82, 2.24) is 16.1 Å². The van der Waals surface area contributed by atoms with Crippen molar-refractivity contribution in [3.63, 3.8) is 0 Å². The predicted molar refractivity (Wildman–Crippen MR) is 67.1 cm³/mol. The van der Waals surface area contributed by atoms with Crippen LogP contribution in [-0.4, -0.2) is 41.3 Å². The molecule has 0 saturated carbocycles. The molecule has 0 aliphatic heterocycles. The molecule has 5 N–H and O–H groups in total. The average molecular weight is 267 g/mol. The lowest BCUT2D eigenvalue weighted by molar-refractivity contribution is -0.132. The van der Waals surface area contributed by atoms with Gasteiger partial charge in [-0.3, -0.25) is 20.1 Å². The largest absolute Gasteiger partial charge is 0.394 e. The van der Waals surface area contributed by atoms with Gasteiger partial charge in [0, 0.05) is 6.54 Å². The summed E-state index contributed by atoms with van der Waals surface area (Å²) in [6.45, 7) is -0.316. The van der Waals surface area contributed by atoms with Crippen LogP contribution in [0.5, 0.6) is 0 Å². The molecule has 2 amide bonds. The van der Waals surface area contributed by atoms with Crippen molar-refractivity contribution >= 4 is 11.8 Å². The molecule has 0 bridgehead atoms. The van der Waals surface area contributed by atoms with Gasteiger partial charge in [0.2, 0.25) is 5.91 Å². The first kappa shape index (κ1) is 15.1. The highest BCUT2D eigenvalue weighted by Crippen LogP contribution is 1.98. The zero-order valence-corrected chi connectivity index (χ0v) is 10.3. The van der Waals surface area contributed by atoms with Crippen LogP contribution in [-0.2, 0) is 16.1 Å². The lowest BCUT2D eigenvalue weighted by Crippen LogP contribution is -2.48. The molecule has 104 valence electrons. The van der Waals surface area contributed by atoms with Crippen molar-refractivity contribution < 1.29 is 19.9 Å². The van der Waals surface area contributed by atoms with Gasteiger partial charge >= 0.3 is 0 Å². The van der Waals surface area contributed by atoms with Crippen molar-refractivity contribution in [2.45, 2.75) is 12.6 Å². The number of carbonyl (C=O) groups is 2. The number of amides is 2. The SMILES string of the molecule is O=C(CNC(=O)[C@H](CO)NCc1ccccc1)NO. The number of hydrogen-bond acceptors (Lipinski definition) is 5. The summed E-state index contributed by atoms with van der Waals surface area (Å²) in [7, 11) is 0. The highest BCUT2D eigenvalue weighted by atomic mass is 16.5. The molecule has 0 aromatic heterocycles. The van der Waals surface area contributed by atoms with E-state index in [2.05, 4.69) is 10.6 Å². The Morgan fingerprint density at radius 1 is 1.21 bits per heavy atom. The smallest absolute Gasteiger partial charge is 0.262 e. The Bertz CT molecular complexity index is 411. The molecule has 0 radical (unpaired) electrons. The zero-order valence-electron chi connectivity index (χ0n) is 10.3. The third-order valence-corrected chi connectivity index (χ3v) is 2.44. The Hall–Kier alpha value is -1.96. The van der Waals surface area contributed by atoms with E-state index in [1.165, 1.54) is 5.48 Å². The molecule has 19 heavy (non-hydrogen) atoms.